The summed E-state index contributed by atoms with van der Waals surface area (Å²) in [6.45, 7) is 0.547. The summed E-state index contributed by atoms with van der Waals surface area (Å²) in [4.78, 5) is 8.61. The molecule has 0 amide bonds. The summed E-state index contributed by atoms with van der Waals surface area (Å²) in [7, 11) is 0. The minimum atomic E-state index is 0.547. The third kappa shape index (κ3) is 0.988. The molecule has 0 bridgehead atoms. The lowest BCUT2D eigenvalue weighted by atomic mass is 10.1. The molecule has 0 unspecified atom stereocenters. The Morgan fingerprint density at radius 3 is 3.21 bits per heavy atom. The summed E-state index contributed by atoms with van der Waals surface area (Å²) < 4.78 is 5.44. The van der Waals surface area contributed by atoms with Gasteiger partial charge in [0, 0.05) is 17.8 Å². The van der Waals surface area contributed by atoms with Crippen LogP contribution >= 0.6 is 0 Å². The molecule has 68 valence electrons. The van der Waals surface area contributed by atoms with Gasteiger partial charge in [-0.25, -0.2) is 0 Å². The summed E-state index contributed by atoms with van der Waals surface area (Å²) in [5.74, 6) is 0.818. The Morgan fingerprint density at radius 1 is 1.21 bits per heavy atom. The summed E-state index contributed by atoms with van der Waals surface area (Å²) in [5, 5.41) is 1.09. The van der Waals surface area contributed by atoms with Crippen LogP contribution in [-0.2, 0) is 0 Å². The van der Waals surface area contributed by atoms with E-state index >= 15 is 0 Å². The topological polar surface area (TPSA) is 34.5 Å². The lowest BCUT2D eigenvalue weighted by Gasteiger charge is -2.12. The Labute approximate surface area is 81.1 Å². The largest absolute Gasteiger partial charge is 0.486 e. The zero-order valence-corrected chi connectivity index (χ0v) is 7.47. The Morgan fingerprint density at radius 2 is 2.21 bits per heavy atom. The van der Waals surface area contributed by atoms with Crippen LogP contribution in [0.3, 0.4) is 0 Å². The lowest BCUT2D eigenvalue weighted by Crippen LogP contribution is -2.02. The van der Waals surface area contributed by atoms with Crippen molar-refractivity contribution in [3.8, 4) is 5.75 Å². The van der Waals surface area contributed by atoms with Crippen molar-refractivity contribution in [3.63, 3.8) is 0 Å². The maximum atomic E-state index is 5.44. The van der Waals surface area contributed by atoms with Gasteiger partial charge in [-0.1, -0.05) is 6.07 Å². The van der Waals surface area contributed by atoms with Gasteiger partial charge in [0.25, 0.3) is 0 Å². The predicted octanol–water partition coefficient (Wildman–Crippen LogP) is 2.33. The summed E-state index contributed by atoms with van der Waals surface area (Å²) in [5.41, 5.74) is 1.75. The summed E-state index contributed by atoms with van der Waals surface area (Å²) >= 11 is 0. The molecule has 14 heavy (non-hydrogen) atoms. The van der Waals surface area contributed by atoms with Gasteiger partial charge < -0.3 is 4.74 Å². The van der Waals surface area contributed by atoms with Crippen LogP contribution in [0.2, 0.25) is 0 Å². The molecule has 1 aliphatic heterocycles. The fraction of sp³-hybridized carbons (Fsp3) is 0.0909. The molecule has 0 saturated carbocycles. The number of hydrogen-bond donors (Lipinski definition) is 0. The SMILES string of the molecule is C1=Nc2c(ccc3cccnc23)OC1. The quantitative estimate of drug-likeness (QED) is 0.629. The first kappa shape index (κ1) is 7.50. The maximum absolute atomic E-state index is 5.44. The van der Waals surface area contributed by atoms with E-state index in [-0.39, 0.29) is 0 Å². The molecule has 0 saturated heterocycles. The van der Waals surface area contributed by atoms with Gasteiger partial charge in [0.15, 0.2) is 0 Å². The molecule has 0 radical (unpaired) electrons. The first-order valence-corrected chi connectivity index (χ1v) is 4.48. The zero-order chi connectivity index (χ0) is 9.38. The van der Waals surface area contributed by atoms with Crippen molar-refractivity contribution in [2.24, 2.45) is 4.99 Å². The predicted molar refractivity (Wildman–Crippen MR) is 55.4 cm³/mol. The van der Waals surface area contributed by atoms with Crippen LogP contribution < -0.4 is 4.74 Å². The van der Waals surface area contributed by atoms with Crippen molar-refractivity contribution >= 4 is 22.8 Å². The number of aromatic nitrogens is 1. The van der Waals surface area contributed by atoms with E-state index in [1.54, 1.807) is 12.4 Å². The van der Waals surface area contributed by atoms with Gasteiger partial charge in [-0.05, 0) is 18.2 Å². The first-order chi connectivity index (χ1) is 6.95. The first-order valence-electron chi connectivity index (χ1n) is 4.48. The zero-order valence-electron chi connectivity index (χ0n) is 7.47. The van der Waals surface area contributed by atoms with Crippen molar-refractivity contribution in [3.05, 3.63) is 30.5 Å². The van der Waals surface area contributed by atoms with Gasteiger partial charge in [-0.15, -0.1) is 0 Å². The van der Waals surface area contributed by atoms with Gasteiger partial charge in [0.2, 0.25) is 0 Å². The highest BCUT2D eigenvalue weighted by molar-refractivity contribution is 5.94. The van der Waals surface area contributed by atoms with E-state index in [9.17, 15) is 0 Å². The normalized spacial score (nSPS) is 13.7. The number of hydrogen-bond acceptors (Lipinski definition) is 3. The van der Waals surface area contributed by atoms with E-state index in [0.29, 0.717) is 6.61 Å². The monoisotopic (exact) mass is 184 g/mol. The second-order valence-electron chi connectivity index (χ2n) is 3.11. The van der Waals surface area contributed by atoms with Crippen LogP contribution in [0.4, 0.5) is 5.69 Å². The molecule has 0 atom stereocenters. The molecule has 2 heterocycles. The Hall–Kier alpha value is -1.90. The molecule has 1 aromatic carbocycles. The van der Waals surface area contributed by atoms with Crippen molar-refractivity contribution in [1.82, 2.24) is 4.98 Å². The summed E-state index contributed by atoms with van der Waals surface area (Å²) in [6.07, 6.45) is 3.53. The van der Waals surface area contributed by atoms with Crippen molar-refractivity contribution in [1.29, 1.82) is 0 Å². The molecule has 1 aliphatic rings. The Kier molecular flexibility index (Phi) is 1.50. The Bertz CT molecular complexity index is 520. The number of ether oxygens (including phenoxy) is 1. The van der Waals surface area contributed by atoms with Crippen molar-refractivity contribution < 1.29 is 4.74 Å². The molecule has 3 nitrogen and oxygen atoms in total. The van der Waals surface area contributed by atoms with Crippen molar-refractivity contribution in [2.75, 3.05) is 6.61 Å². The minimum absolute atomic E-state index is 0.547. The molecular formula is C11H8N2O. The van der Waals surface area contributed by atoms with Gasteiger partial charge in [0.05, 0.1) is 5.52 Å². The molecule has 0 fully saturated rings. The molecule has 0 N–H and O–H groups in total. The molecule has 0 spiro atoms. The average molecular weight is 184 g/mol. The third-order valence-electron chi connectivity index (χ3n) is 2.24. The lowest BCUT2D eigenvalue weighted by molar-refractivity contribution is 0.377. The number of nitrogens with zero attached hydrogens (tertiary/aromatic N) is 2. The fourth-order valence-electron chi connectivity index (χ4n) is 1.61. The van der Waals surface area contributed by atoms with E-state index < -0.39 is 0 Å². The molecule has 0 aliphatic carbocycles. The highest BCUT2D eigenvalue weighted by Gasteiger charge is 2.10. The van der Waals surface area contributed by atoms with E-state index in [4.69, 9.17) is 4.74 Å². The molecule has 2 aromatic rings. The average Bonchev–Trinajstić information content (AvgIpc) is 2.29. The highest BCUT2D eigenvalue weighted by atomic mass is 16.5. The van der Waals surface area contributed by atoms with Crippen molar-refractivity contribution in [2.45, 2.75) is 0 Å². The fourth-order valence-corrected chi connectivity index (χ4v) is 1.61. The van der Waals surface area contributed by atoms with Crippen LogP contribution in [-0.4, -0.2) is 17.8 Å². The van der Waals surface area contributed by atoms with E-state index in [1.807, 2.05) is 24.3 Å². The summed E-state index contributed by atoms with van der Waals surface area (Å²) in [6, 6.07) is 7.88. The molecular weight excluding hydrogens is 176 g/mol. The smallest absolute Gasteiger partial charge is 0.147 e. The van der Waals surface area contributed by atoms with E-state index in [1.165, 1.54) is 0 Å². The standard InChI is InChI=1S/C11H8N2O/c1-2-8-3-4-9-11(10(8)12-5-1)13-6-7-14-9/h1-6H,7H2. The van der Waals surface area contributed by atoms with Gasteiger partial charge in [-0.3, -0.25) is 9.98 Å². The van der Waals surface area contributed by atoms with Gasteiger partial charge in [0.1, 0.15) is 18.0 Å². The van der Waals surface area contributed by atoms with Crippen LogP contribution in [0.1, 0.15) is 0 Å². The van der Waals surface area contributed by atoms with Crippen LogP contribution in [0.5, 0.6) is 5.75 Å². The number of benzene rings is 1. The van der Waals surface area contributed by atoms with E-state index in [2.05, 4.69) is 9.98 Å². The Balaban J connectivity index is 2.42. The van der Waals surface area contributed by atoms with Gasteiger partial charge >= 0.3 is 0 Å². The molecule has 3 heteroatoms. The second-order valence-corrected chi connectivity index (χ2v) is 3.11. The number of rotatable bonds is 0. The van der Waals surface area contributed by atoms with Gasteiger partial charge in [-0.2, -0.15) is 0 Å². The maximum Gasteiger partial charge on any atom is 0.147 e. The molecule has 1 aromatic heterocycles. The number of aliphatic imine (C=N–C) groups is 1. The second kappa shape index (κ2) is 2.80. The van der Waals surface area contributed by atoms with E-state index in [0.717, 1.165) is 22.3 Å². The van der Waals surface area contributed by atoms with Crippen LogP contribution in [0, 0.1) is 0 Å². The minimum Gasteiger partial charge on any atom is -0.486 e. The van der Waals surface area contributed by atoms with Crippen LogP contribution in [0.25, 0.3) is 10.9 Å². The highest BCUT2D eigenvalue weighted by Crippen LogP contribution is 2.35. The number of pyridine rings is 1. The van der Waals surface area contributed by atoms with Crippen LogP contribution in [0.15, 0.2) is 35.5 Å². The number of fused-ring (bicyclic) bond motifs is 3. The molecule has 3 rings (SSSR count). The third-order valence-corrected chi connectivity index (χ3v) is 2.24.